The standard InChI is InChI=1S/C2H5O.Fe/c1-2-3;/h3H,1-2H2;/q-1;. The van der Waals surface area contributed by atoms with Crippen LogP contribution in [0.2, 0.25) is 0 Å². The van der Waals surface area contributed by atoms with Crippen molar-refractivity contribution in [2.45, 2.75) is 0 Å². The molecule has 0 fully saturated rings. The van der Waals surface area contributed by atoms with E-state index in [1.165, 1.54) is 0 Å². The average molecular weight is 101 g/mol. The van der Waals surface area contributed by atoms with E-state index in [2.05, 4.69) is 6.92 Å². The summed E-state index contributed by atoms with van der Waals surface area (Å²) in [6.07, 6.45) is 0. The van der Waals surface area contributed by atoms with Crippen molar-refractivity contribution in [1.82, 2.24) is 0 Å². The van der Waals surface area contributed by atoms with E-state index in [1.54, 1.807) is 0 Å². The Morgan fingerprint density at radius 2 is 1.75 bits per heavy atom. The molecule has 0 saturated heterocycles. The molecule has 0 aromatic rings. The first kappa shape index (κ1) is 8.82. The van der Waals surface area contributed by atoms with Crippen molar-refractivity contribution in [2.75, 3.05) is 6.61 Å². The predicted molar refractivity (Wildman–Crippen MR) is 12.4 cm³/mol. The van der Waals surface area contributed by atoms with Crippen molar-refractivity contribution < 1.29 is 22.2 Å². The van der Waals surface area contributed by atoms with E-state index >= 15 is 0 Å². The number of aliphatic hydroxyl groups is 1. The third-order valence-electron chi connectivity index (χ3n) is 0. The molecule has 0 bridgehead atoms. The molecule has 4 heavy (non-hydrogen) atoms. The van der Waals surface area contributed by atoms with E-state index in [1.807, 2.05) is 0 Å². The van der Waals surface area contributed by atoms with Crippen LogP contribution in [0.1, 0.15) is 0 Å². The van der Waals surface area contributed by atoms with Crippen LogP contribution in [0, 0.1) is 6.92 Å². The summed E-state index contributed by atoms with van der Waals surface area (Å²) in [6, 6.07) is 0. The van der Waals surface area contributed by atoms with Crippen LogP contribution in [0.4, 0.5) is 0 Å². The first-order chi connectivity index (χ1) is 1.41. The minimum Gasteiger partial charge on any atom is -0.428 e. The molecule has 0 radical (unpaired) electrons. The summed E-state index contributed by atoms with van der Waals surface area (Å²) in [5.41, 5.74) is 0. The van der Waals surface area contributed by atoms with Crippen molar-refractivity contribution in [2.24, 2.45) is 0 Å². The van der Waals surface area contributed by atoms with Crippen LogP contribution < -0.4 is 0 Å². The molecule has 0 spiro atoms. The van der Waals surface area contributed by atoms with Gasteiger partial charge >= 0.3 is 0 Å². The zero-order valence-corrected chi connectivity index (χ0v) is 3.32. The van der Waals surface area contributed by atoms with Gasteiger partial charge in [0.05, 0.1) is 0 Å². The summed E-state index contributed by atoms with van der Waals surface area (Å²) in [5.74, 6) is 0. The molecule has 0 aliphatic heterocycles. The van der Waals surface area contributed by atoms with E-state index in [0.29, 0.717) is 0 Å². The van der Waals surface area contributed by atoms with Gasteiger partial charge in [-0.25, -0.2) is 0 Å². The van der Waals surface area contributed by atoms with Gasteiger partial charge in [0.2, 0.25) is 0 Å². The van der Waals surface area contributed by atoms with Crippen LogP contribution in [0.5, 0.6) is 0 Å². The summed E-state index contributed by atoms with van der Waals surface area (Å²) < 4.78 is 0. The van der Waals surface area contributed by atoms with Gasteiger partial charge in [-0.1, -0.05) is 6.61 Å². The van der Waals surface area contributed by atoms with Gasteiger partial charge in [-0.05, 0) is 0 Å². The molecule has 0 rings (SSSR count). The van der Waals surface area contributed by atoms with Gasteiger partial charge in [0.1, 0.15) is 0 Å². The smallest absolute Gasteiger partial charge is 0 e. The average Bonchev–Trinajstić information content (AvgIpc) is 0.918. The molecular weight excluding hydrogens is 95.9 g/mol. The summed E-state index contributed by atoms with van der Waals surface area (Å²) in [7, 11) is 0. The first-order valence-corrected chi connectivity index (χ1v) is 0.816. The molecule has 0 saturated carbocycles. The third kappa shape index (κ3) is 23.6. The maximum Gasteiger partial charge on any atom is 0 e. The predicted octanol–water partition coefficient (Wildman–Crippen LogP) is -0.190. The van der Waals surface area contributed by atoms with Gasteiger partial charge in [0.15, 0.2) is 0 Å². The zero-order valence-electron chi connectivity index (χ0n) is 2.21. The van der Waals surface area contributed by atoms with Gasteiger partial charge < -0.3 is 12.0 Å². The van der Waals surface area contributed by atoms with Gasteiger partial charge in [0, 0.05) is 17.1 Å². The minimum atomic E-state index is 0. The number of hydrogen-bond acceptors (Lipinski definition) is 1. The molecule has 0 aromatic heterocycles. The molecule has 28 valence electrons. The summed E-state index contributed by atoms with van der Waals surface area (Å²) in [4.78, 5) is 0. The van der Waals surface area contributed by atoms with E-state index in [-0.39, 0.29) is 23.7 Å². The largest absolute Gasteiger partial charge is 0.428 e. The molecule has 2 heteroatoms. The Labute approximate surface area is 36.5 Å². The molecule has 1 N–H and O–H groups in total. The summed E-state index contributed by atoms with van der Waals surface area (Å²) in [6.45, 7) is 3.04. The fourth-order valence-electron chi connectivity index (χ4n) is 0. The molecule has 0 unspecified atom stereocenters. The second-order valence-electron chi connectivity index (χ2n) is 0.224. The number of aliphatic hydroxyl groups excluding tert-OH is 1. The maximum atomic E-state index is 7.46. The van der Waals surface area contributed by atoms with Gasteiger partial charge in [0.25, 0.3) is 0 Å². The number of rotatable bonds is 0. The SMILES string of the molecule is [CH2-]CO.[Fe]. The third-order valence-corrected chi connectivity index (χ3v) is 0. The van der Waals surface area contributed by atoms with E-state index in [0.717, 1.165) is 0 Å². The van der Waals surface area contributed by atoms with Crippen LogP contribution in [0.25, 0.3) is 0 Å². The molecule has 0 aliphatic carbocycles. The Morgan fingerprint density at radius 1 is 1.75 bits per heavy atom. The van der Waals surface area contributed by atoms with Crippen molar-refractivity contribution in [3.63, 3.8) is 0 Å². The minimum absolute atomic E-state index is 0. The monoisotopic (exact) mass is 101 g/mol. The fraction of sp³-hybridized carbons (Fsp3) is 0.500. The first-order valence-electron chi connectivity index (χ1n) is 0.816. The Bertz CT molecular complexity index is 6.00. The van der Waals surface area contributed by atoms with Crippen LogP contribution in [-0.2, 0) is 17.1 Å². The summed E-state index contributed by atoms with van der Waals surface area (Å²) >= 11 is 0. The second-order valence-corrected chi connectivity index (χ2v) is 0.224. The van der Waals surface area contributed by atoms with E-state index in [4.69, 9.17) is 5.11 Å². The fourth-order valence-corrected chi connectivity index (χ4v) is 0. The van der Waals surface area contributed by atoms with Crippen molar-refractivity contribution in [3.05, 3.63) is 6.92 Å². The van der Waals surface area contributed by atoms with Gasteiger partial charge in [-0.3, -0.25) is 0 Å². The van der Waals surface area contributed by atoms with Crippen LogP contribution in [0.3, 0.4) is 0 Å². The van der Waals surface area contributed by atoms with Crippen LogP contribution in [-0.4, -0.2) is 11.7 Å². The number of hydrogen-bond donors (Lipinski definition) is 1. The molecule has 0 aromatic carbocycles. The molecule has 0 aliphatic rings. The molecule has 0 atom stereocenters. The quantitative estimate of drug-likeness (QED) is 0.331. The zero-order chi connectivity index (χ0) is 2.71. The van der Waals surface area contributed by atoms with Gasteiger partial charge in [-0.15, -0.1) is 0 Å². The Balaban J connectivity index is 0. The van der Waals surface area contributed by atoms with E-state index < -0.39 is 0 Å². The van der Waals surface area contributed by atoms with Crippen molar-refractivity contribution in [3.8, 4) is 0 Å². The molecule has 1 nitrogen and oxygen atoms in total. The summed E-state index contributed by atoms with van der Waals surface area (Å²) in [5, 5.41) is 7.46. The normalized spacial score (nSPS) is 4.50. The maximum absolute atomic E-state index is 7.46. The van der Waals surface area contributed by atoms with Crippen LogP contribution in [0.15, 0.2) is 0 Å². The second kappa shape index (κ2) is 9.77. The Hall–Kier alpha value is 0.479. The Morgan fingerprint density at radius 3 is 1.75 bits per heavy atom. The van der Waals surface area contributed by atoms with Gasteiger partial charge in [-0.2, -0.15) is 0 Å². The van der Waals surface area contributed by atoms with Crippen molar-refractivity contribution in [1.29, 1.82) is 0 Å². The molecule has 0 heterocycles. The van der Waals surface area contributed by atoms with E-state index in [9.17, 15) is 0 Å². The Kier molecular flexibility index (Phi) is 21.6. The molecular formula is C2H5FeO-. The van der Waals surface area contributed by atoms with Crippen molar-refractivity contribution >= 4 is 0 Å². The molecule has 0 amide bonds. The van der Waals surface area contributed by atoms with Crippen LogP contribution >= 0.6 is 0 Å². The topological polar surface area (TPSA) is 20.2 Å².